The molecule has 0 bridgehead atoms. The molecule has 0 saturated heterocycles. The number of rotatable bonds is 4. The van der Waals surface area contributed by atoms with E-state index in [1.807, 2.05) is 0 Å². The molecule has 0 aromatic heterocycles. The molecule has 0 radical (unpaired) electrons. The van der Waals surface area contributed by atoms with Crippen LogP contribution >= 0.6 is 0 Å². The second-order valence-corrected chi connectivity index (χ2v) is 5.32. The molecule has 3 aromatic rings. The second kappa shape index (κ2) is 7.05. The largest absolute Gasteiger partial charge is 0.319 e. The Labute approximate surface area is 142 Å². The fourth-order valence-electron chi connectivity index (χ4n) is 2.40. The fraction of sp³-hybridized carbons (Fsp3) is 0. The van der Waals surface area contributed by atoms with Gasteiger partial charge in [-0.3, -0.25) is 9.59 Å². The van der Waals surface area contributed by atoms with Gasteiger partial charge in [-0.15, -0.1) is 0 Å². The van der Waals surface area contributed by atoms with Crippen LogP contribution in [0.1, 0.15) is 26.3 Å². The molecule has 0 aliphatic heterocycles. The van der Waals surface area contributed by atoms with Crippen LogP contribution in [0.4, 0.5) is 14.5 Å². The Balaban J connectivity index is 1.92. The van der Waals surface area contributed by atoms with Crippen molar-refractivity contribution in [2.24, 2.45) is 0 Å². The molecule has 0 spiro atoms. The number of hydrogen-bond donors (Lipinski definition) is 1. The number of nitrogens with one attached hydrogen (secondary N) is 1. The van der Waals surface area contributed by atoms with Crippen molar-refractivity contribution in [2.75, 3.05) is 5.32 Å². The van der Waals surface area contributed by atoms with E-state index in [1.54, 1.807) is 42.5 Å². The average Bonchev–Trinajstić information content (AvgIpc) is 2.64. The first-order valence-corrected chi connectivity index (χ1v) is 7.51. The number of carbonyl (C=O) groups is 2. The summed E-state index contributed by atoms with van der Waals surface area (Å²) in [5.74, 6) is -2.59. The Morgan fingerprint density at radius 2 is 1.40 bits per heavy atom. The Morgan fingerprint density at radius 3 is 2.08 bits per heavy atom. The summed E-state index contributed by atoms with van der Waals surface area (Å²) in [5, 5.41) is 2.37. The van der Waals surface area contributed by atoms with E-state index in [2.05, 4.69) is 5.32 Å². The summed E-state index contributed by atoms with van der Waals surface area (Å²) in [6.45, 7) is 0. The molecule has 3 aromatic carbocycles. The minimum atomic E-state index is -0.889. The van der Waals surface area contributed by atoms with Crippen molar-refractivity contribution in [3.8, 4) is 0 Å². The van der Waals surface area contributed by atoms with Crippen molar-refractivity contribution in [1.29, 1.82) is 0 Å². The first kappa shape index (κ1) is 16.5. The molecular weight excluding hydrogens is 324 g/mol. The van der Waals surface area contributed by atoms with Crippen molar-refractivity contribution >= 4 is 17.4 Å². The van der Waals surface area contributed by atoms with Crippen LogP contribution in [0.15, 0.2) is 72.8 Å². The third kappa shape index (κ3) is 3.61. The first-order chi connectivity index (χ1) is 12.1. The number of hydrogen-bond acceptors (Lipinski definition) is 2. The average molecular weight is 337 g/mol. The van der Waals surface area contributed by atoms with E-state index in [0.717, 1.165) is 12.1 Å². The van der Waals surface area contributed by atoms with Gasteiger partial charge in [-0.05, 0) is 18.2 Å². The standard InChI is InChI=1S/C20H13F2NO2/c21-14-10-11-18(17(22)12-14)23-20(25)16-9-5-4-8-15(16)19(24)13-6-2-1-3-7-13/h1-12H,(H,23,25). The molecule has 0 unspecified atom stereocenters. The number of ketones is 1. The maximum Gasteiger partial charge on any atom is 0.256 e. The number of carbonyl (C=O) groups excluding carboxylic acids is 2. The quantitative estimate of drug-likeness (QED) is 0.715. The van der Waals surface area contributed by atoms with E-state index in [9.17, 15) is 18.4 Å². The summed E-state index contributed by atoms with van der Waals surface area (Å²) in [7, 11) is 0. The predicted molar refractivity (Wildman–Crippen MR) is 90.6 cm³/mol. The summed E-state index contributed by atoms with van der Waals surface area (Å²) in [4.78, 5) is 25.1. The van der Waals surface area contributed by atoms with Gasteiger partial charge < -0.3 is 5.32 Å². The minimum absolute atomic E-state index is 0.111. The van der Waals surface area contributed by atoms with Gasteiger partial charge in [0.1, 0.15) is 11.6 Å². The molecule has 3 rings (SSSR count). The van der Waals surface area contributed by atoms with E-state index in [1.165, 1.54) is 12.1 Å². The molecule has 1 amide bonds. The van der Waals surface area contributed by atoms with Gasteiger partial charge in [-0.1, -0.05) is 48.5 Å². The lowest BCUT2D eigenvalue weighted by Crippen LogP contribution is -2.17. The highest BCUT2D eigenvalue weighted by atomic mass is 19.1. The zero-order valence-electron chi connectivity index (χ0n) is 13.0. The smallest absolute Gasteiger partial charge is 0.256 e. The Kier molecular flexibility index (Phi) is 4.66. The van der Waals surface area contributed by atoms with Crippen molar-refractivity contribution in [2.45, 2.75) is 0 Å². The zero-order valence-corrected chi connectivity index (χ0v) is 13.0. The van der Waals surface area contributed by atoms with Crippen LogP contribution in [0.3, 0.4) is 0 Å². The van der Waals surface area contributed by atoms with E-state index in [4.69, 9.17) is 0 Å². The Hall–Kier alpha value is -3.34. The number of amides is 1. The zero-order chi connectivity index (χ0) is 17.8. The van der Waals surface area contributed by atoms with Gasteiger partial charge in [0.25, 0.3) is 5.91 Å². The van der Waals surface area contributed by atoms with Gasteiger partial charge in [-0.25, -0.2) is 8.78 Å². The third-order valence-electron chi connectivity index (χ3n) is 3.63. The highest BCUT2D eigenvalue weighted by Crippen LogP contribution is 2.19. The molecule has 0 aliphatic carbocycles. The highest BCUT2D eigenvalue weighted by molar-refractivity contribution is 6.17. The number of benzene rings is 3. The number of anilines is 1. The molecule has 0 heterocycles. The molecule has 0 atom stereocenters. The van der Waals surface area contributed by atoms with E-state index >= 15 is 0 Å². The molecular formula is C20H13F2NO2. The highest BCUT2D eigenvalue weighted by Gasteiger charge is 2.18. The molecule has 25 heavy (non-hydrogen) atoms. The third-order valence-corrected chi connectivity index (χ3v) is 3.63. The van der Waals surface area contributed by atoms with Crippen LogP contribution in [0.2, 0.25) is 0 Å². The van der Waals surface area contributed by atoms with E-state index in [0.29, 0.717) is 11.6 Å². The fourth-order valence-corrected chi connectivity index (χ4v) is 2.40. The van der Waals surface area contributed by atoms with Gasteiger partial charge in [0, 0.05) is 17.2 Å². The lowest BCUT2D eigenvalue weighted by atomic mass is 9.98. The van der Waals surface area contributed by atoms with Crippen LogP contribution in [0.25, 0.3) is 0 Å². The lowest BCUT2D eigenvalue weighted by molar-refractivity contribution is 0.0996. The second-order valence-electron chi connectivity index (χ2n) is 5.32. The molecule has 0 aliphatic rings. The summed E-state index contributed by atoms with van der Waals surface area (Å²) < 4.78 is 26.7. The normalized spacial score (nSPS) is 10.3. The van der Waals surface area contributed by atoms with Gasteiger partial charge >= 0.3 is 0 Å². The maximum atomic E-state index is 13.7. The molecule has 5 heteroatoms. The summed E-state index contributed by atoms with van der Waals surface area (Å²) in [6, 6.07) is 17.6. The van der Waals surface area contributed by atoms with Gasteiger partial charge in [-0.2, -0.15) is 0 Å². The topological polar surface area (TPSA) is 46.2 Å². The van der Waals surface area contributed by atoms with Crippen molar-refractivity contribution in [3.05, 3.63) is 101 Å². The summed E-state index contributed by atoms with van der Waals surface area (Å²) >= 11 is 0. The summed E-state index contributed by atoms with van der Waals surface area (Å²) in [6.07, 6.45) is 0. The molecule has 1 N–H and O–H groups in total. The van der Waals surface area contributed by atoms with Gasteiger partial charge in [0.15, 0.2) is 5.78 Å². The van der Waals surface area contributed by atoms with Crippen LogP contribution in [0.5, 0.6) is 0 Å². The Bertz CT molecular complexity index is 939. The SMILES string of the molecule is O=C(Nc1ccc(F)cc1F)c1ccccc1C(=O)c1ccccc1. The molecule has 0 saturated carbocycles. The van der Waals surface area contributed by atoms with Gasteiger partial charge in [0.2, 0.25) is 0 Å². The van der Waals surface area contributed by atoms with Crippen LogP contribution in [-0.4, -0.2) is 11.7 Å². The monoisotopic (exact) mass is 337 g/mol. The van der Waals surface area contributed by atoms with Crippen molar-refractivity contribution in [3.63, 3.8) is 0 Å². The first-order valence-electron chi connectivity index (χ1n) is 7.51. The Morgan fingerprint density at radius 1 is 0.760 bits per heavy atom. The van der Waals surface area contributed by atoms with E-state index in [-0.39, 0.29) is 22.6 Å². The van der Waals surface area contributed by atoms with Crippen LogP contribution < -0.4 is 5.32 Å². The maximum absolute atomic E-state index is 13.7. The van der Waals surface area contributed by atoms with Crippen LogP contribution in [0, 0.1) is 11.6 Å². The summed E-state index contributed by atoms with van der Waals surface area (Å²) in [5.41, 5.74) is 0.595. The van der Waals surface area contributed by atoms with Crippen LogP contribution in [-0.2, 0) is 0 Å². The molecule has 124 valence electrons. The van der Waals surface area contributed by atoms with Gasteiger partial charge in [0.05, 0.1) is 11.3 Å². The van der Waals surface area contributed by atoms with E-state index < -0.39 is 17.5 Å². The number of halogens is 2. The lowest BCUT2D eigenvalue weighted by Gasteiger charge is -2.10. The molecule has 3 nitrogen and oxygen atoms in total. The van der Waals surface area contributed by atoms with Crippen molar-refractivity contribution < 1.29 is 18.4 Å². The predicted octanol–water partition coefficient (Wildman–Crippen LogP) is 4.45. The van der Waals surface area contributed by atoms with Crippen molar-refractivity contribution in [1.82, 2.24) is 0 Å². The molecule has 0 fully saturated rings. The minimum Gasteiger partial charge on any atom is -0.319 e.